The maximum Gasteiger partial charge on any atom is 0.260 e. The van der Waals surface area contributed by atoms with Gasteiger partial charge in [0.1, 0.15) is 11.5 Å². The Morgan fingerprint density at radius 1 is 1.16 bits per heavy atom. The van der Waals surface area contributed by atoms with Gasteiger partial charge < -0.3 is 14.5 Å². The summed E-state index contributed by atoms with van der Waals surface area (Å²) in [5.41, 5.74) is 0. The Bertz CT molecular complexity index is 783. The lowest BCUT2D eigenvalue weighted by Crippen LogP contribution is -2.40. The molecule has 0 aliphatic carbocycles. The van der Waals surface area contributed by atoms with E-state index in [1.165, 1.54) is 30.5 Å². The van der Waals surface area contributed by atoms with E-state index in [0.29, 0.717) is 11.5 Å². The molecule has 0 bridgehead atoms. The first-order chi connectivity index (χ1) is 11.8. The van der Waals surface area contributed by atoms with Crippen molar-refractivity contribution >= 4 is 15.9 Å². The molecular formula is C17H22N2O5S. The molecule has 2 N–H and O–H groups in total. The average Bonchev–Trinajstić information content (AvgIpc) is 3.06. The zero-order valence-electron chi connectivity index (χ0n) is 14.4. The highest BCUT2D eigenvalue weighted by molar-refractivity contribution is 7.89. The Kier molecular flexibility index (Phi) is 6.22. The molecule has 7 nitrogen and oxygen atoms in total. The monoisotopic (exact) mass is 366 g/mol. The maximum absolute atomic E-state index is 12.2. The van der Waals surface area contributed by atoms with Crippen LogP contribution in [0.1, 0.15) is 26.5 Å². The maximum atomic E-state index is 12.2. The van der Waals surface area contributed by atoms with Gasteiger partial charge in [0.2, 0.25) is 10.0 Å². The molecule has 0 unspecified atom stereocenters. The SMILES string of the molecule is CC(C)NC(=O)[C@H](C)Oc1ccc(S(=O)(=O)NCc2ccco2)cc1. The summed E-state index contributed by atoms with van der Waals surface area (Å²) in [6, 6.07) is 9.27. The van der Waals surface area contributed by atoms with Crippen molar-refractivity contribution in [3.63, 3.8) is 0 Å². The van der Waals surface area contributed by atoms with Gasteiger partial charge in [-0.2, -0.15) is 0 Å². The largest absolute Gasteiger partial charge is 0.481 e. The number of hydrogen-bond donors (Lipinski definition) is 2. The van der Waals surface area contributed by atoms with Gasteiger partial charge >= 0.3 is 0 Å². The quantitative estimate of drug-likeness (QED) is 0.745. The normalized spacial score (nSPS) is 12.8. The number of rotatable bonds is 8. The fourth-order valence-electron chi connectivity index (χ4n) is 2.02. The van der Waals surface area contributed by atoms with Gasteiger partial charge in [-0.25, -0.2) is 13.1 Å². The van der Waals surface area contributed by atoms with E-state index >= 15 is 0 Å². The molecule has 25 heavy (non-hydrogen) atoms. The Morgan fingerprint density at radius 2 is 1.84 bits per heavy atom. The highest BCUT2D eigenvalue weighted by Crippen LogP contribution is 2.17. The van der Waals surface area contributed by atoms with E-state index in [0.717, 1.165) is 0 Å². The summed E-state index contributed by atoms with van der Waals surface area (Å²) in [5.74, 6) is 0.705. The second-order valence-corrected chi connectivity index (χ2v) is 7.57. The van der Waals surface area contributed by atoms with Crippen molar-refractivity contribution in [2.45, 2.75) is 44.4 Å². The van der Waals surface area contributed by atoms with Gasteiger partial charge in [-0.3, -0.25) is 4.79 Å². The van der Waals surface area contributed by atoms with Gasteiger partial charge in [-0.15, -0.1) is 0 Å². The Labute approximate surface area is 147 Å². The third kappa shape index (κ3) is 5.61. The van der Waals surface area contributed by atoms with Gasteiger partial charge in [-0.1, -0.05) is 0 Å². The molecule has 2 rings (SSSR count). The summed E-state index contributed by atoms with van der Waals surface area (Å²) in [6.45, 7) is 5.42. The van der Waals surface area contributed by atoms with Crippen LogP contribution in [0.2, 0.25) is 0 Å². The second kappa shape index (κ2) is 8.17. The van der Waals surface area contributed by atoms with E-state index < -0.39 is 16.1 Å². The molecule has 0 saturated carbocycles. The molecular weight excluding hydrogens is 344 g/mol. The Hall–Kier alpha value is -2.32. The number of ether oxygens (including phenoxy) is 1. The van der Waals surface area contributed by atoms with Crippen LogP contribution in [0.15, 0.2) is 52.0 Å². The number of furan rings is 1. The van der Waals surface area contributed by atoms with Crippen molar-refractivity contribution in [3.05, 3.63) is 48.4 Å². The third-order valence-corrected chi connectivity index (χ3v) is 4.68. The third-order valence-electron chi connectivity index (χ3n) is 3.26. The fraction of sp³-hybridized carbons (Fsp3) is 0.353. The van der Waals surface area contributed by atoms with E-state index in [1.807, 2.05) is 13.8 Å². The van der Waals surface area contributed by atoms with Crippen molar-refractivity contribution in [2.75, 3.05) is 0 Å². The smallest absolute Gasteiger partial charge is 0.260 e. The topological polar surface area (TPSA) is 97.6 Å². The fourth-order valence-corrected chi connectivity index (χ4v) is 3.01. The van der Waals surface area contributed by atoms with E-state index in [2.05, 4.69) is 10.0 Å². The molecule has 0 radical (unpaired) electrons. The van der Waals surface area contributed by atoms with E-state index in [4.69, 9.17) is 9.15 Å². The molecule has 0 fully saturated rings. The van der Waals surface area contributed by atoms with Crippen LogP contribution < -0.4 is 14.8 Å². The Balaban J connectivity index is 1.97. The molecule has 1 atom stereocenters. The standard InChI is InChI=1S/C17H22N2O5S/c1-12(2)19-17(20)13(3)24-14-6-8-16(9-7-14)25(21,22)18-11-15-5-4-10-23-15/h4-10,12-13,18H,11H2,1-3H3,(H,19,20)/t13-/m0/s1. The minimum Gasteiger partial charge on any atom is -0.481 e. The van der Waals surface area contributed by atoms with Crippen LogP contribution >= 0.6 is 0 Å². The first-order valence-corrected chi connectivity index (χ1v) is 9.35. The molecule has 1 aromatic carbocycles. The van der Waals surface area contributed by atoms with Gasteiger partial charge in [-0.05, 0) is 57.2 Å². The van der Waals surface area contributed by atoms with E-state index in [1.54, 1.807) is 19.1 Å². The molecule has 0 aliphatic rings. The Morgan fingerprint density at radius 3 is 2.40 bits per heavy atom. The summed E-state index contributed by atoms with van der Waals surface area (Å²) in [7, 11) is -3.66. The summed E-state index contributed by atoms with van der Waals surface area (Å²) >= 11 is 0. The second-order valence-electron chi connectivity index (χ2n) is 5.80. The molecule has 0 spiro atoms. The van der Waals surface area contributed by atoms with Gasteiger partial charge in [0.15, 0.2) is 6.10 Å². The molecule has 1 amide bonds. The molecule has 1 heterocycles. The highest BCUT2D eigenvalue weighted by Gasteiger charge is 2.17. The van der Waals surface area contributed by atoms with Crippen LogP contribution in [-0.4, -0.2) is 26.5 Å². The average molecular weight is 366 g/mol. The predicted octanol–water partition coefficient (Wildman–Crippen LogP) is 2.05. The van der Waals surface area contributed by atoms with Crippen LogP contribution in [0.25, 0.3) is 0 Å². The van der Waals surface area contributed by atoms with Crippen LogP contribution in [0.5, 0.6) is 5.75 Å². The summed E-state index contributed by atoms with van der Waals surface area (Å²) in [6.07, 6.45) is 0.800. The number of amides is 1. The first kappa shape index (κ1) is 19.0. The lowest BCUT2D eigenvalue weighted by molar-refractivity contribution is -0.127. The van der Waals surface area contributed by atoms with Crippen molar-refractivity contribution in [1.29, 1.82) is 0 Å². The zero-order valence-corrected chi connectivity index (χ0v) is 15.2. The molecule has 1 aromatic heterocycles. The molecule has 0 saturated heterocycles. The predicted molar refractivity (Wildman–Crippen MR) is 92.5 cm³/mol. The molecule has 8 heteroatoms. The van der Waals surface area contributed by atoms with Crippen LogP contribution in [-0.2, 0) is 21.4 Å². The van der Waals surface area contributed by atoms with Gasteiger partial charge in [0, 0.05) is 6.04 Å². The number of carbonyl (C=O) groups is 1. The van der Waals surface area contributed by atoms with Gasteiger partial charge in [0.05, 0.1) is 17.7 Å². The number of carbonyl (C=O) groups excluding carboxylic acids is 1. The number of hydrogen-bond acceptors (Lipinski definition) is 5. The van der Waals surface area contributed by atoms with Crippen molar-refractivity contribution in [3.8, 4) is 5.75 Å². The van der Waals surface area contributed by atoms with Crippen molar-refractivity contribution in [1.82, 2.24) is 10.0 Å². The lowest BCUT2D eigenvalue weighted by atomic mass is 10.3. The minimum absolute atomic E-state index is 0.0197. The summed E-state index contributed by atoms with van der Waals surface area (Å²) in [5, 5.41) is 2.75. The number of nitrogens with one attached hydrogen (secondary N) is 2. The molecule has 2 aromatic rings. The van der Waals surface area contributed by atoms with Crippen molar-refractivity contribution < 1.29 is 22.4 Å². The molecule has 0 aliphatic heterocycles. The van der Waals surface area contributed by atoms with Crippen molar-refractivity contribution in [2.24, 2.45) is 0 Å². The van der Waals surface area contributed by atoms with Crippen LogP contribution in [0.4, 0.5) is 0 Å². The van der Waals surface area contributed by atoms with Gasteiger partial charge in [0.25, 0.3) is 5.91 Å². The van der Waals surface area contributed by atoms with E-state index in [9.17, 15) is 13.2 Å². The summed E-state index contributed by atoms with van der Waals surface area (Å²) < 4.78 is 37.5. The van der Waals surface area contributed by atoms with Crippen LogP contribution in [0, 0.1) is 0 Å². The number of sulfonamides is 1. The first-order valence-electron chi connectivity index (χ1n) is 7.87. The van der Waals surface area contributed by atoms with E-state index in [-0.39, 0.29) is 23.4 Å². The minimum atomic E-state index is -3.66. The highest BCUT2D eigenvalue weighted by atomic mass is 32.2. The molecule has 136 valence electrons. The van der Waals surface area contributed by atoms with Crippen LogP contribution in [0.3, 0.4) is 0 Å². The zero-order chi connectivity index (χ0) is 18.4. The number of benzene rings is 1. The lowest BCUT2D eigenvalue weighted by Gasteiger charge is -2.16. The summed E-state index contributed by atoms with van der Waals surface area (Å²) in [4.78, 5) is 11.9.